The van der Waals surface area contributed by atoms with E-state index in [4.69, 9.17) is 4.74 Å². The summed E-state index contributed by atoms with van der Waals surface area (Å²) in [6, 6.07) is 0. The van der Waals surface area contributed by atoms with Crippen LogP contribution >= 0.6 is 0 Å². The van der Waals surface area contributed by atoms with Gasteiger partial charge in [-0.1, -0.05) is 341 Å². The molecule has 0 aliphatic carbocycles. The quantitative estimate of drug-likeness (QED) is 0.0345. The third-order valence-corrected chi connectivity index (χ3v) is 14.9. The molecule has 0 aromatic heterocycles. The molecule has 0 rings (SSSR count). The number of carbonyl (C=O) groups is 1. The minimum atomic E-state index is 0.0319. The van der Waals surface area contributed by atoms with Crippen molar-refractivity contribution in [3.8, 4) is 0 Å². The molecule has 1 unspecified atom stereocenters. The Morgan fingerprint density at radius 1 is 0.323 bits per heavy atom. The number of rotatable bonds is 58. The van der Waals surface area contributed by atoms with Gasteiger partial charge in [-0.2, -0.15) is 0 Å². The molecular formula is C63H124O2. The first-order chi connectivity index (χ1) is 32.2. The van der Waals surface area contributed by atoms with Crippen molar-refractivity contribution >= 4 is 5.97 Å². The molecule has 0 spiro atoms. The van der Waals surface area contributed by atoms with Gasteiger partial charge in [0, 0.05) is 6.42 Å². The van der Waals surface area contributed by atoms with Gasteiger partial charge in [0.05, 0.1) is 6.61 Å². The third-order valence-electron chi connectivity index (χ3n) is 14.9. The SMILES string of the molecule is CCCCCCCCC=CCCCCCCCCCCCCCC(=O)OCCCCCCCCCCCCCCCCCCCCCCCCCCCCCCCCCCCC(C)CC. The van der Waals surface area contributed by atoms with Gasteiger partial charge in [-0.05, 0) is 44.4 Å². The number of carbonyl (C=O) groups excluding carboxylic acids is 1. The van der Waals surface area contributed by atoms with Gasteiger partial charge >= 0.3 is 5.97 Å². The lowest BCUT2D eigenvalue weighted by molar-refractivity contribution is -0.143. The highest BCUT2D eigenvalue weighted by Gasteiger charge is 2.04. The minimum absolute atomic E-state index is 0.0319. The number of hydrogen-bond donors (Lipinski definition) is 0. The normalized spacial score (nSPS) is 12.2. The fourth-order valence-electron chi connectivity index (χ4n) is 9.94. The van der Waals surface area contributed by atoms with Gasteiger partial charge in [0.25, 0.3) is 0 Å². The van der Waals surface area contributed by atoms with Crippen LogP contribution in [0.5, 0.6) is 0 Å². The summed E-state index contributed by atoms with van der Waals surface area (Å²) in [7, 11) is 0. The van der Waals surface area contributed by atoms with Crippen LogP contribution in [-0.2, 0) is 9.53 Å². The molecule has 0 heterocycles. The second kappa shape index (κ2) is 59.3. The molecule has 65 heavy (non-hydrogen) atoms. The molecule has 388 valence electrons. The van der Waals surface area contributed by atoms with E-state index in [0.717, 1.165) is 18.8 Å². The number of ether oxygens (including phenoxy) is 1. The van der Waals surface area contributed by atoms with Crippen LogP contribution in [0.2, 0.25) is 0 Å². The summed E-state index contributed by atoms with van der Waals surface area (Å²) in [5.74, 6) is 0.972. The van der Waals surface area contributed by atoms with Crippen LogP contribution in [0.1, 0.15) is 374 Å². The maximum Gasteiger partial charge on any atom is 0.305 e. The molecule has 0 bridgehead atoms. The van der Waals surface area contributed by atoms with Crippen LogP contribution < -0.4 is 0 Å². The van der Waals surface area contributed by atoms with Crippen LogP contribution in [0.15, 0.2) is 12.2 Å². The van der Waals surface area contributed by atoms with Crippen molar-refractivity contribution in [3.63, 3.8) is 0 Å². The average Bonchev–Trinajstić information content (AvgIpc) is 3.31. The van der Waals surface area contributed by atoms with Gasteiger partial charge < -0.3 is 4.74 Å². The van der Waals surface area contributed by atoms with E-state index >= 15 is 0 Å². The molecule has 0 saturated carbocycles. The van der Waals surface area contributed by atoms with Gasteiger partial charge in [0.15, 0.2) is 0 Å². The molecule has 0 aliphatic rings. The minimum Gasteiger partial charge on any atom is -0.466 e. The lowest BCUT2D eigenvalue weighted by Crippen LogP contribution is -2.05. The number of allylic oxidation sites excluding steroid dienone is 2. The van der Waals surface area contributed by atoms with Crippen molar-refractivity contribution in [2.75, 3.05) is 6.61 Å². The fraction of sp³-hybridized carbons (Fsp3) is 0.952. The molecule has 0 fully saturated rings. The van der Waals surface area contributed by atoms with Crippen molar-refractivity contribution in [1.82, 2.24) is 0 Å². The van der Waals surface area contributed by atoms with E-state index in [1.807, 2.05) is 0 Å². The Morgan fingerprint density at radius 2 is 0.569 bits per heavy atom. The van der Waals surface area contributed by atoms with Gasteiger partial charge in [-0.25, -0.2) is 0 Å². The van der Waals surface area contributed by atoms with Gasteiger partial charge in [0.2, 0.25) is 0 Å². The van der Waals surface area contributed by atoms with E-state index in [2.05, 4.69) is 32.9 Å². The van der Waals surface area contributed by atoms with E-state index in [9.17, 15) is 4.79 Å². The average molecular weight is 914 g/mol. The lowest BCUT2D eigenvalue weighted by Gasteiger charge is -2.07. The molecule has 2 heteroatoms. The second-order valence-corrected chi connectivity index (χ2v) is 21.6. The maximum atomic E-state index is 12.1. The molecular weight excluding hydrogens is 789 g/mol. The zero-order valence-corrected chi connectivity index (χ0v) is 45.6. The molecule has 0 aliphatic heterocycles. The topological polar surface area (TPSA) is 26.3 Å². The summed E-state index contributed by atoms with van der Waals surface area (Å²) in [5.41, 5.74) is 0. The van der Waals surface area contributed by atoms with Crippen LogP contribution in [-0.4, -0.2) is 12.6 Å². The van der Waals surface area contributed by atoms with E-state index < -0.39 is 0 Å². The Kier molecular flexibility index (Phi) is 58.6. The molecule has 0 radical (unpaired) electrons. The van der Waals surface area contributed by atoms with Crippen molar-refractivity contribution in [3.05, 3.63) is 12.2 Å². The Morgan fingerprint density at radius 3 is 0.862 bits per heavy atom. The Balaban J connectivity index is 3.15. The van der Waals surface area contributed by atoms with Crippen molar-refractivity contribution < 1.29 is 9.53 Å². The monoisotopic (exact) mass is 913 g/mol. The smallest absolute Gasteiger partial charge is 0.305 e. The number of hydrogen-bond acceptors (Lipinski definition) is 2. The zero-order valence-electron chi connectivity index (χ0n) is 45.6. The number of esters is 1. The zero-order chi connectivity index (χ0) is 46.9. The van der Waals surface area contributed by atoms with Crippen molar-refractivity contribution in [2.24, 2.45) is 5.92 Å². The van der Waals surface area contributed by atoms with E-state index in [-0.39, 0.29) is 5.97 Å². The molecule has 1 atom stereocenters. The summed E-state index contributed by atoms with van der Waals surface area (Å²) in [6.07, 6.45) is 81.2. The lowest BCUT2D eigenvalue weighted by atomic mass is 9.99. The van der Waals surface area contributed by atoms with Gasteiger partial charge in [0.1, 0.15) is 0 Å². The molecule has 0 amide bonds. The standard InChI is InChI=1S/C63H124O2/c1-4-6-7-8-9-10-11-12-13-14-15-29-33-36-39-42-45-48-51-54-57-60-63(64)65-61-58-55-52-49-46-43-40-37-34-31-28-26-24-22-20-18-16-17-19-21-23-25-27-30-32-35-38-41-44-47-50-53-56-59-62(3)5-2/h12-13,62H,4-11,14-61H2,1-3H3. The predicted octanol–water partition coefficient (Wildman–Crippen LogP) is 23.2. The molecule has 0 aromatic rings. The highest BCUT2D eigenvalue weighted by molar-refractivity contribution is 5.69. The van der Waals surface area contributed by atoms with Gasteiger partial charge in [-0.3, -0.25) is 4.79 Å². The highest BCUT2D eigenvalue weighted by Crippen LogP contribution is 2.19. The Labute approximate surface area is 412 Å². The van der Waals surface area contributed by atoms with Crippen molar-refractivity contribution in [1.29, 1.82) is 0 Å². The Hall–Kier alpha value is -0.790. The predicted molar refractivity (Wildman–Crippen MR) is 295 cm³/mol. The Bertz CT molecular complexity index is 878. The van der Waals surface area contributed by atoms with Crippen molar-refractivity contribution in [2.45, 2.75) is 374 Å². The number of unbranched alkanes of at least 4 members (excludes halogenated alkanes) is 49. The van der Waals surface area contributed by atoms with Gasteiger partial charge in [-0.15, -0.1) is 0 Å². The molecule has 0 saturated heterocycles. The van der Waals surface area contributed by atoms with Crippen LogP contribution in [0, 0.1) is 5.92 Å². The summed E-state index contributed by atoms with van der Waals surface area (Å²) in [4.78, 5) is 12.1. The first-order valence-corrected chi connectivity index (χ1v) is 31.0. The third kappa shape index (κ3) is 59.3. The van der Waals surface area contributed by atoms with Crippen LogP contribution in [0.3, 0.4) is 0 Å². The molecule has 0 N–H and O–H groups in total. The van der Waals surface area contributed by atoms with Crippen LogP contribution in [0.4, 0.5) is 0 Å². The van der Waals surface area contributed by atoms with Crippen LogP contribution in [0.25, 0.3) is 0 Å². The largest absolute Gasteiger partial charge is 0.466 e. The first kappa shape index (κ1) is 64.2. The van der Waals surface area contributed by atoms with E-state index in [0.29, 0.717) is 13.0 Å². The van der Waals surface area contributed by atoms with E-state index in [1.165, 1.54) is 334 Å². The molecule has 2 nitrogen and oxygen atoms in total. The first-order valence-electron chi connectivity index (χ1n) is 31.0. The molecule has 0 aromatic carbocycles. The highest BCUT2D eigenvalue weighted by atomic mass is 16.5. The summed E-state index contributed by atoms with van der Waals surface area (Å²) in [6.45, 7) is 7.66. The second-order valence-electron chi connectivity index (χ2n) is 21.6. The fourth-order valence-corrected chi connectivity index (χ4v) is 9.94. The maximum absolute atomic E-state index is 12.1. The summed E-state index contributed by atoms with van der Waals surface area (Å²) < 4.78 is 5.52. The van der Waals surface area contributed by atoms with E-state index in [1.54, 1.807) is 0 Å². The summed E-state index contributed by atoms with van der Waals surface area (Å²) in [5, 5.41) is 0. The summed E-state index contributed by atoms with van der Waals surface area (Å²) >= 11 is 0.